The Bertz CT molecular complexity index is 1240. The van der Waals surface area contributed by atoms with Gasteiger partial charge in [-0.3, -0.25) is 0 Å². The predicted molar refractivity (Wildman–Crippen MR) is 119 cm³/mol. The van der Waals surface area contributed by atoms with Gasteiger partial charge in [0.1, 0.15) is 28.3 Å². The molecule has 14 heteroatoms. The maximum Gasteiger partial charge on any atom is 0.286 e. The van der Waals surface area contributed by atoms with E-state index in [2.05, 4.69) is 35.1 Å². The lowest BCUT2D eigenvalue weighted by Gasteiger charge is -2.19. The molecule has 4 aromatic rings. The normalized spacial score (nSPS) is 12.9. The maximum absolute atomic E-state index is 13.1. The van der Waals surface area contributed by atoms with Crippen LogP contribution in [0.2, 0.25) is 0 Å². The summed E-state index contributed by atoms with van der Waals surface area (Å²) in [5.74, 6) is 1.46. The third kappa shape index (κ3) is 4.77. The number of aryl methyl sites for hydroxylation is 1. The lowest BCUT2D eigenvalue weighted by atomic mass is 10.2. The van der Waals surface area contributed by atoms with Crippen LogP contribution in [-0.4, -0.2) is 59.0 Å². The summed E-state index contributed by atoms with van der Waals surface area (Å²) in [5, 5.41) is 15.8. The van der Waals surface area contributed by atoms with Crippen LogP contribution in [-0.2, 0) is 17.8 Å². The summed E-state index contributed by atoms with van der Waals surface area (Å²) in [7, 11) is 3.02. The molecule has 34 heavy (non-hydrogen) atoms. The molecule has 1 aromatic carbocycles. The van der Waals surface area contributed by atoms with Crippen LogP contribution in [0.25, 0.3) is 17.4 Å². The Morgan fingerprint density at radius 3 is 2.38 bits per heavy atom. The molecule has 2 atom stereocenters. The molecule has 0 amide bonds. The number of benzene rings is 1. The highest BCUT2D eigenvalue weighted by atomic mass is 32.2. The molecular formula is C20H21FN8O4S. The maximum atomic E-state index is 13.1. The molecule has 4 rings (SSSR count). The van der Waals surface area contributed by atoms with Crippen LogP contribution in [0.3, 0.4) is 0 Å². The number of ether oxygens (including phenoxy) is 2. The summed E-state index contributed by atoms with van der Waals surface area (Å²) in [6, 6.07) is 5.23. The minimum Gasteiger partial charge on any atom is -0.593 e. The zero-order valence-corrected chi connectivity index (χ0v) is 19.5. The molecular weight excluding hydrogens is 467 g/mol. The van der Waals surface area contributed by atoms with Gasteiger partial charge in [0.2, 0.25) is 11.7 Å². The first-order valence-electron chi connectivity index (χ1n) is 10.0. The zero-order valence-electron chi connectivity index (χ0n) is 18.7. The second-order valence-electron chi connectivity index (χ2n) is 7.05. The Balaban J connectivity index is 1.72. The number of aromatic nitrogens is 7. The van der Waals surface area contributed by atoms with Crippen molar-refractivity contribution < 1.29 is 22.8 Å². The average molecular weight is 489 g/mol. The third-order valence-corrected chi connectivity index (χ3v) is 5.99. The van der Waals surface area contributed by atoms with E-state index in [9.17, 15) is 8.94 Å². The highest BCUT2D eigenvalue weighted by molar-refractivity contribution is 7.93. The van der Waals surface area contributed by atoms with Crippen molar-refractivity contribution in [2.45, 2.75) is 25.5 Å². The van der Waals surface area contributed by atoms with Gasteiger partial charge in [0, 0.05) is 6.92 Å². The molecule has 12 nitrogen and oxygen atoms in total. The SMILES string of the molecule is COc1cccc(OC)c1-n1c(N[S+]([O-])[C@H](C)Cc2ncc(F)cn2)nnc1-c1nnc(C)o1. The molecule has 3 aromatic heterocycles. The van der Waals surface area contributed by atoms with Gasteiger partial charge in [0.05, 0.1) is 44.4 Å². The lowest BCUT2D eigenvalue weighted by Crippen LogP contribution is -2.29. The molecule has 3 heterocycles. The molecule has 178 valence electrons. The molecule has 0 aliphatic heterocycles. The Hall–Kier alpha value is -3.78. The summed E-state index contributed by atoms with van der Waals surface area (Å²) in [6.07, 6.45) is 2.37. The van der Waals surface area contributed by atoms with E-state index >= 15 is 0 Å². The largest absolute Gasteiger partial charge is 0.593 e. The fraction of sp³-hybridized carbons (Fsp3) is 0.300. The van der Waals surface area contributed by atoms with E-state index in [4.69, 9.17) is 13.9 Å². The molecule has 0 saturated carbocycles. The summed E-state index contributed by atoms with van der Waals surface area (Å²) < 4.78 is 47.2. The molecule has 0 aliphatic carbocycles. The highest BCUT2D eigenvalue weighted by Crippen LogP contribution is 2.37. The van der Waals surface area contributed by atoms with Crippen molar-refractivity contribution in [3.05, 3.63) is 48.1 Å². The number of anilines is 1. The van der Waals surface area contributed by atoms with Gasteiger partial charge in [-0.1, -0.05) is 6.07 Å². The number of rotatable bonds is 9. The molecule has 0 saturated heterocycles. The van der Waals surface area contributed by atoms with Gasteiger partial charge < -0.3 is 18.4 Å². The van der Waals surface area contributed by atoms with Gasteiger partial charge in [-0.25, -0.2) is 18.9 Å². The van der Waals surface area contributed by atoms with Crippen LogP contribution in [0.15, 0.2) is 35.0 Å². The Morgan fingerprint density at radius 1 is 1.12 bits per heavy atom. The van der Waals surface area contributed by atoms with Crippen molar-refractivity contribution in [2.75, 3.05) is 18.9 Å². The van der Waals surface area contributed by atoms with Crippen molar-refractivity contribution in [2.24, 2.45) is 0 Å². The first-order valence-corrected chi connectivity index (χ1v) is 11.2. The lowest BCUT2D eigenvalue weighted by molar-refractivity contribution is 0.391. The van der Waals surface area contributed by atoms with Crippen LogP contribution in [0, 0.1) is 12.7 Å². The van der Waals surface area contributed by atoms with Gasteiger partial charge >= 0.3 is 0 Å². The summed E-state index contributed by atoms with van der Waals surface area (Å²) in [5.41, 5.74) is 0.442. The number of halogens is 1. The number of hydrogen-bond donors (Lipinski definition) is 1. The summed E-state index contributed by atoms with van der Waals surface area (Å²) in [4.78, 5) is 7.84. The van der Waals surface area contributed by atoms with Crippen LogP contribution in [0.5, 0.6) is 11.5 Å². The van der Waals surface area contributed by atoms with Crippen LogP contribution >= 0.6 is 0 Å². The highest BCUT2D eigenvalue weighted by Gasteiger charge is 2.29. The molecule has 0 spiro atoms. The Kier molecular flexibility index (Phi) is 6.88. The molecule has 1 unspecified atom stereocenters. The van der Waals surface area contributed by atoms with Gasteiger partial charge in [-0.05, 0) is 19.1 Å². The predicted octanol–water partition coefficient (Wildman–Crippen LogP) is 2.28. The van der Waals surface area contributed by atoms with E-state index in [1.54, 1.807) is 32.0 Å². The monoisotopic (exact) mass is 488 g/mol. The first-order chi connectivity index (χ1) is 16.4. The molecule has 1 N–H and O–H groups in total. The average Bonchev–Trinajstić information content (AvgIpc) is 3.45. The molecule has 0 radical (unpaired) electrons. The van der Waals surface area contributed by atoms with E-state index in [1.165, 1.54) is 18.8 Å². The fourth-order valence-electron chi connectivity index (χ4n) is 3.11. The number of hydrogen-bond acceptors (Lipinski definition) is 11. The number of nitrogens with one attached hydrogen (secondary N) is 1. The van der Waals surface area contributed by atoms with Crippen molar-refractivity contribution in [1.29, 1.82) is 0 Å². The van der Waals surface area contributed by atoms with E-state index < -0.39 is 22.4 Å². The van der Waals surface area contributed by atoms with E-state index in [0.717, 1.165) is 12.4 Å². The van der Waals surface area contributed by atoms with Crippen molar-refractivity contribution >= 4 is 17.3 Å². The van der Waals surface area contributed by atoms with E-state index in [0.29, 0.717) is 28.9 Å². The molecule has 0 bridgehead atoms. The first kappa shape index (κ1) is 23.4. The number of methoxy groups -OCH3 is 2. The Morgan fingerprint density at radius 2 is 1.79 bits per heavy atom. The smallest absolute Gasteiger partial charge is 0.286 e. The van der Waals surface area contributed by atoms with Gasteiger partial charge in [0.25, 0.3) is 11.8 Å². The second kappa shape index (κ2) is 10.0. The van der Waals surface area contributed by atoms with Gasteiger partial charge in [-0.15, -0.1) is 20.4 Å². The van der Waals surface area contributed by atoms with Crippen LogP contribution in [0.4, 0.5) is 10.3 Å². The topological polar surface area (TPSA) is 149 Å². The van der Waals surface area contributed by atoms with Crippen LogP contribution < -0.4 is 14.2 Å². The quantitative estimate of drug-likeness (QED) is 0.346. The number of nitrogens with zero attached hydrogens (tertiary/aromatic N) is 7. The van der Waals surface area contributed by atoms with Gasteiger partial charge in [0.15, 0.2) is 5.82 Å². The van der Waals surface area contributed by atoms with Gasteiger partial charge in [-0.2, -0.15) is 4.72 Å². The minimum atomic E-state index is -1.66. The molecule has 0 aliphatic rings. The van der Waals surface area contributed by atoms with Crippen molar-refractivity contribution in [3.63, 3.8) is 0 Å². The van der Waals surface area contributed by atoms with Crippen molar-refractivity contribution in [3.8, 4) is 28.9 Å². The van der Waals surface area contributed by atoms with E-state index in [-0.39, 0.29) is 24.1 Å². The van der Waals surface area contributed by atoms with Crippen LogP contribution in [0.1, 0.15) is 18.6 Å². The van der Waals surface area contributed by atoms with Crippen molar-refractivity contribution in [1.82, 2.24) is 34.9 Å². The standard InChI is InChI=1S/C20H21FN8O4S/c1-11(8-16-22-9-13(21)10-23-16)34(30)28-20-27-25-18(19-26-24-12(2)33-19)29(20)17-14(31-3)6-5-7-15(17)32-4/h5-7,9-11H,8H2,1-4H3,(H,27,28)/t11-,34?/m1/s1. The molecule has 0 fully saturated rings. The Labute approximate surface area is 196 Å². The second-order valence-corrected chi connectivity index (χ2v) is 8.66. The summed E-state index contributed by atoms with van der Waals surface area (Å²) in [6.45, 7) is 3.39. The zero-order chi connectivity index (χ0) is 24.2. The number of para-hydroxylation sites is 1. The van der Waals surface area contributed by atoms with E-state index in [1.807, 2.05) is 0 Å². The third-order valence-electron chi connectivity index (χ3n) is 4.71. The fourth-order valence-corrected chi connectivity index (χ4v) is 3.92. The summed E-state index contributed by atoms with van der Waals surface area (Å²) >= 11 is -1.66. The minimum absolute atomic E-state index is 0.101.